The van der Waals surface area contributed by atoms with Crippen molar-refractivity contribution in [1.29, 1.82) is 0 Å². The topological polar surface area (TPSA) is 88.3 Å². The van der Waals surface area contributed by atoms with Crippen LogP contribution in [-0.2, 0) is 29.1 Å². The Balaban J connectivity index is 1.24. The second kappa shape index (κ2) is 6.30. The highest BCUT2D eigenvalue weighted by atomic mass is 32.1. The molecule has 1 aromatic carbocycles. The number of anilines is 1. The van der Waals surface area contributed by atoms with E-state index in [1.54, 1.807) is 0 Å². The maximum absolute atomic E-state index is 13.4. The van der Waals surface area contributed by atoms with Crippen molar-refractivity contribution >= 4 is 28.3 Å². The van der Waals surface area contributed by atoms with Gasteiger partial charge in [0.05, 0.1) is 16.5 Å². The first-order valence-corrected chi connectivity index (χ1v) is 10.8. The first kappa shape index (κ1) is 17.7. The van der Waals surface area contributed by atoms with Gasteiger partial charge in [-0.1, -0.05) is 24.3 Å². The Morgan fingerprint density at radius 2 is 1.75 bits per heavy atom. The second-order valence-corrected chi connectivity index (χ2v) is 9.17. The molecule has 5 rings (SSSR count). The molecule has 2 aromatic rings. The number of fused-ring (bicyclic) bond motifs is 1. The molecular formula is C21H24N4O2S. The second-order valence-electron chi connectivity index (χ2n) is 8.28. The van der Waals surface area contributed by atoms with Crippen LogP contribution in [0.4, 0.5) is 5.13 Å². The van der Waals surface area contributed by atoms with Gasteiger partial charge < -0.3 is 16.0 Å². The molecule has 2 amide bonds. The summed E-state index contributed by atoms with van der Waals surface area (Å²) in [6.07, 6.45) is 3.95. The predicted molar refractivity (Wildman–Crippen MR) is 107 cm³/mol. The van der Waals surface area contributed by atoms with Gasteiger partial charge in [0.1, 0.15) is 0 Å². The van der Waals surface area contributed by atoms with Crippen LogP contribution < -0.4 is 11.1 Å². The van der Waals surface area contributed by atoms with Crippen LogP contribution >= 0.6 is 11.3 Å². The number of nitrogens with zero attached hydrogens (tertiary/aromatic N) is 2. The molecule has 0 unspecified atom stereocenters. The Labute approximate surface area is 168 Å². The molecule has 146 valence electrons. The lowest BCUT2D eigenvalue weighted by molar-refractivity contribution is -0.146. The highest BCUT2D eigenvalue weighted by Crippen LogP contribution is 2.71. The van der Waals surface area contributed by atoms with Crippen molar-refractivity contribution in [3.63, 3.8) is 0 Å². The van der Waals surface area contributed by atoms with Crippen molar-refractivity contribution in [2.75, 3.05) is 12.3 Å². The van der Waals surface area contributed by atoms with Gasteiger partial charge in [0, 0.05) is 31.4 Å². The van der Waals surface area contributed by atoms with Crippen LogP contribution in [0.5, 0.6) is 0 Å². The fourth-order valence-corrected chi connectivity index (χ4v) is 5.36. The standard InChI is InChI=1S/C21H24N4O2S/c22-19-24-16(13-28-19)5-10-23-17(26)20(6-7-20)21(8-9-21)18(27)25-11-14-3-1-2-4-15(14)12-25/h1-4,13H,5-12H2,(H2,22,24)(H,23,26). The summed E-state index contributed by atoms with van der Waals surface area (Å²) in [5, 5.41) is 5.54. The number of aromatic nitrogens is 1. The van der Waals surface area contributed by atoms with E-state index in [9.17, 15) is 9.59 Å². The normalized spacial score (nSPS) is 20.5. The van der Waals surface area contributed by atoms with Crippen molar-refractivity contribution < 1.29 is 9.59 Å². The molecule has 2 fully saturated rings. The van der Waals surface area contributed by atoms with E-state index in [0.29, 0.717) is 31.2 Å². The minimum atomic E-state index is -0.500. The van der Waals surface area contributed by atoms with Gasteiger partial charge in [0.2, 0.25) is 11.8 Å². The quantitative estimate of drug-likeness (QED) is 0.785. The number of nitrogen functional groups attached to an aromatic ring is 1. The van der Waals surface area contributed by atoms with Gasteiger partial charge in [-0.3, -0.25) is 9.59 Å². The van der Waals surface area contributed by atoms with Crippen LogP contribution in [-0.4, -0.2) is 28.2 Å². The van der Waals surface area contributed by atoms with Crippen LogP contribution in [0.25, 0.3) is 0 Å². The largest absolute Gasteiger partial charge is 0.375 e. The lowest BCUT2D eigenvalue weighted by atomic mass is 9.83. The molecule has 0 atom stereocenters. The number of amides is 2. The van der Waals surface area contributed by atoms with Crippen molar-refractivity contribution in [3.05, 3.63) is 46.5 Å². The lowest BCUT2D eigenvalue weighted by Crippen LogP contribution is -2.46. The van der Waals surface area contributed by atoms with Gasteiger partial charge in [-0.2, -0.15) is 0 Å². The fourth-order valence-electron chi connectivity index (χ4n) is 4.76. The first-order chi connectivity index (χ1) is 13.5. The third-order valence-electron chi connectivity index (χ3n) is 6.62. The minimum absolute atomic E-state index is 0.0401. The summed E-state index contributed by atoms with van der Waals surface area (Å²) in [7, 11) is 0. The molecule has 2 heterocycles. The molecule has 0 spiro atoms. The molecule has 3 N–H and O–H groups in total. The Bertz CT molecular complexity index is 920. The van der Waals surface area contributed by atoms with E-state index in [0.717, 1.165) is 31.4 Å². The minimum Gasteiger partial charge on any atom is -0.375 e. The average Bonchev–Trinajstić information content (AvgIpc) is 3.59. The molecule has 6 nitrogen and oxygen atoms in total. The number of carbonyl (C=O) groups excluding carboxylic acids is 2. The number of carbonyl (C=O) groups is 2. The Morgan fingerprint density at radius 1 is 1.11 bits per heavy atom. The number of hydrogen-bond donors (Lipinski definition) is 2. The number of benzene rings is 1. The van der Waals surface area contributed by atoms with Crippen LogP contribution in [0.2, 0.25) is 0 Å². The van der Waals surface area contributed by atoms with Crippen LogP contribution in [0.3, 0.4) is 0 Å². The molecule has 1 aliphatic heterocycles. The van der Waals surface area contributed by atoms with Crippen LogP contribution in [0.15, 0.2) is 29.6 Å². The Hall–Kier alpha value is -2.41. The van der Waals surface area contributed by atoms with E-state index in [2.05, 4.69) is 22.4 Å². The number of rotatable bonds is 6. The van der Waals surface area contributed by atoms with E-state index < -0.39 is 10.8 Å². The molecule has 7 heteroatoms. The zero-order chi connectivity index (χ0) is 19.4. The summed E-state index contributed by atoms with van der Waals surface area (Å²) in [5.74, 6) is 0.210. The third kappa shape index (κ3) is 2.71. The van der Waals surface area contributed by atoms with E-state index >= 15 is 0 Å². The Kier molecular flexibility index (Phi) is 3.98. The van der Waals surface area contributed by atoms with E-state index in [-0.39, 0.29) is 11.8 Å². The molecule has 0 bridgehead atoms. The lowest BCUT2D eigenvalue weighted by Gasteiger charge is -2.29. The SMILES string of the molecule is Nc1nc(CCNC(=O)C2(C3(C(=O)N4Cc5ccccc5C4)CC3)CC2)cs1. The molecule has 2 saturated carbocycles. The molecule has 2 aliphatic carbocycles. The van der Waals surface area contributed by atoms with Gasteiger partial charge in [0.15, 0.2) is 5.13 Å². The summed E-state index contributed by atoms with van der Waals surface area (Å²) in [5.41, 5.74) is 8.03. The zero-order valence-electron chi connectivity index (χ0n) is 15.7. The van der Waals surface area contributed by atoms with E-state index in [1.807, 2.05) is 22.4 Å². The van der Waals surface area contributed by atoms with E-state index in [1.165, 1.54) is 22.5 Å². The molecule has 0 saturated heterocycles. The number of nitrogens with one attached hydrogen (secondary N) is 1. The molecular weight excluding hydrogens is 372 g/mol. The van der Waals surface area contributed by atoms with Gasteiger partial charge in [-0.25, -0.2) is 4.98 Å². The Morgan fingerprint density at radius 3 is 2.29 bits per heavy atom. The third-order valence-corrected chi connectivity index (χ3v) is 7.35. The van der Waals surface area contributed by atoms with Gasteiger partial charge in [-0.05, 0) is 36.8 Å². The monoisotopic (exact) mass is 396 g/mol. The van der Waals surface area contributed by atoms with E-state index in [4.69, 9.17) is 5.73 Å². The summed E-state index contributed by atoms with van der Waals surface area (Å²) in [6, 6.07) is 8.22. The smallest absolute Gasteiger partial charge is 0.230 e. The van der Waals surface area contributed by atoms with Crippen molar-refractivity contribution in [2.45, 2.75) is 45.2 Å². The summed E-state index contributed by atoms with van der Waals surface area (Å²) in [4.78, 5) is 32.6. The summed E-state index contributed by atoms with van der Waals surface area (Å²) < 4.78 is 0. The maximum atomic E-state index is 13.4. The van der Waals surface area contributed by atoms with Gasteiger partial charge in [0.25, 0.3) is 0 Å². The zero-order valence-corrected chi connectivity index (χ0v) is 16.6. The maximum Gasteiger partial charge on any atom is 0.230 e. The van der Waals surface area contributed by atoms with Gasteiger partial charge in [-0.15, -0.1) is 11.3 Å². The van der Waals surface area contributed by atoms with Crippen LogP contribution in [0, 0.1) is 10.8 Å². The summed E-state index contributed by atoms with van der Waals surface area (Å²) >= 11 is 1.41. The predicted octanol–water partition coefficient (Wildman–Crippen LogP) is 2.49. The highest BCUT2D eigenvalue weighted by Gasteiger charge is 2.73. The number of thiazole rings is 1. The summed E-state index contributed by atoms with van der Waals surface area (Å²) in [6.45, 7) is 1.86. The van der Waals surface area contributed by atoms with Crippen molar-refractivity contribution in [3.8, 4) is 0 Å². The molecule has 0 radical (unpaired) electrons. The average molecular weight is 397 g/mol. The van der Waals surface area contributed by atoms with Crippen LogP contribution in [0.1, 0.15) is 42.5 Å². The molecule has 28 heavy (non-hydrogen) atoms. The van der Waals surface area contributed by atoms with Crippen molar-refractivity contribution in [1.82, 2.24) is 15.2 Å². The van der Waals surface area contributed by atoms with Crippen molar-refractivity contribution in [2.24, 2.45) is 10.8 Å². The first-order valence-electron chi connectivity index (χ1n) is 9.88. The number of nitrogens with two attached hydrogens (primary N) is 1. The molecule has 3 aliphatic rings. The number of hydrogen-bond acceptors (Lipinski definition) is 5. The van der Waals surface area contributed by atoms with Gasteiger partial charge >= 0.3 is 0 Å². The fraction of sp³-hybridized carbons (Fsp3) is 0.476. The molecule has 1 aromatic heterocycles. The highest BCUT2D eigenvalue weighted by molar-refractivity contribution is 7.13.